The maximum atomic E-state index is 14.0. The van der Waals surface area contributed by atoms with Crippen molar-refractivity contribution in [1.29, 1.82) is 0 Å². The number of ether oxygens (including phenoxy) is 2. The first-order chi connectivity index (χ1) is 19.9. The smallest absolute Gasteiger partial charge is 0.274 e. The van der Waals surface area contributed by atoms with E-state index >= 15 is 0 Å². The molecule has 1 saturated heterocycles. The van der Waals surface area contributed by atoms with Gasteiger partial charge in [-0.2, -0.15) is 10.2 Å². The Morgan fingerprint density at radius 2 is 1.90 bits per heavy atom. The van der Waals surface area contributed by atoms with E-state index in [-0.39, 0.29) is 17.2 Å². The summed E-state index contributed by atoms with van der Waals surface area (Å²) in [5, 5.41) is 10.3. The predicted octanol–water partition coefficient (Wildman–Crippen LogP) is 5.07. The maximum Gasteiger partial charge on any atom is 0.274 e. The van der Waals surface area contributed by atoms with Crippen LogP contribution >= 0.6 is 11.6 Å². The Balaban J connectivity index is 1.50. The molecule has 4 aromatic rings. The van der Waals surface area contributed by atoms with E-state index in [2.05, 4.69) is 5.10 Å². The molecule has 12 heteroatoms. The SMILES string of the molecule is CN1CCOCCN(c2ccc(F)c(Cl)c2)c2cc3c(nn(C4CCCCO4)c3cn2)C=Cc2cn(C)nc2C1=O. The maximum absolute atomic E-state index is 14.0. The number of hydrogen-bond acceptors (Lipinski definition) is 7. The van der Waals surface area contributed by atoms with E-state index in [0.29, 0.717) is 61.4 Å². The number of carbonyl (C=O) groups is 1. The van der Waals surface area contributed by atoms with Crippen molar-refractivity contribution in [1.82, 2.24) is 29.4 Å². The molecule has 3 aromatic heterocycles. The monoisotopic (exact) mass is 579 g/mol. The van der Waals surface area contributed by atoms with Gasteiger partial charge >= 0.3 is 0 Å². The van der Waals surface area contributed by atoms with E-state index in [1.165, 1.54) is 6.07 Å². The van der Waals surface area contributed by atoms with Crippen LogP contribution in [0.1, 0.15) is 47.2 Å². The van der Waals surface area contributed by atoms with Gasteiger partial charge in [-0.05, 0) is 55.7 Å². The average molecular weight is 580 g/mol. The molecule has 0 aliphatic carbocycles. The molecule has 1 atom stereocenters. The van der Waals surface area contributed by atoms with Crippen molar-refractivity contribution < 1.29 is 18.7 Å². The molecule has 1 amide bonds. The molecule has 0 N–H and O–H groups in total. The van der Waals surface area contributed by atoms with Crippen LogP contribution in [-0.2, 0) is 16.5 Å². The Kier molecular flexibility index (Phi) is 7.74. The molecule has 0 spiro atoms. The summed E-state index contributed by atoms with van der Waals surface area (Å²) in [5.74, 6) is -0.0434. The number of amides is 1. The molecule has 0 saturated carbocycles. The Morgan fingerprint density at radius 3 is 2.71 bits per heavy atom. The van der Waals surface area contributed by atoms with Crippen molar-refractivity contribution >= 4 is 52.1 Å². The molecule has 1 unspecified atom stereocenters. The summed E-state index contributed by atoms with van der Waals surface area (Å²) in [6.45, 7) is 2.17. The van der Waals surface area contributed by atoms with Crippen molar-refractivity contribution in [3.05, 3.63) is 64.5 Å². The van der Waals surface area contributed by atoms with Crippen LogP contribution in [0.3, 0.4) is 0 Å². The lowest BCUT2D eigenvalue weighted by Crippen LogP contribution is -2.32. The second-order valence-corrected chi connectivity index (χ2v) is 10.6. The van der Waals surface area contributed by atoms with Gasteiger partial charge < -0.3 is 19.3 Å². The van der Waals surface area contributed by atoms with Gasteiger partial charge in [-0.3, -0.25) is 9.48 Å². The number of aromatic nitrogens is 5. The van der Waals surface area contributed by atoms with Gasteiger partial charge in [0.1, 0.15) is 11.6 Å². The highest BCUT2D eigenvalue weighted by molar-refractivity contribution is 6.31. The number of nitrogens with zero attached hydrogens (tertiary/aromatic N) is 7. The van der Waals surface area contributed by atoms with E-state index in [0.717, 1.165) is 30.2 Å². The van der Waals surface area contributed by atoms with Crippen LogP contribution in [-0.4, -0.2) is 75.3 Å². The summed E-state index contributed by atoms with van der Waals surface area (Å²) in [4.78, 5) is 21.6. The minimum absolute atomic E-state index is 0.0231. The minimum atomic E-state index is -0.492. The predicted molar refractivity (Wildman–Crippen MR) is 155 cm³/mol. The van der Waals surface area contributed by atoms with Gasteiger partial charge in [0.2, 0.25) is 0 Å². The highest BCUT2D eigenvalue weighted by atomic mass is 35.5. The lowest BCUT2D eigenvalue weighted by Gasteiger charge is -2.25. The molecular weight excluding hydrogens is 549 g/mol. The van der Waals surface area contributed by atoms with Crippen LogP contribution in [0, 0.1) is 5.82 Å². The summed E-state index contributed by atoms with van der Waals surface area (Å²) in [5.41, 5.74) is 3.26. The molecule has 41 heavy (non-hydrogen) atoms. The molecule has 5 heterocycles. The van der Waals surface area contributed by atoms with Crippen LogP contribution in [0.5, 0.6) is 0 Å². The zero-order valence-corrected chi connectivity index (χ0v) is 23.7. The Hall–Kier alpha value is -3.80. The molecule has 214 valence electrons. The van der Waals surface area contributed by atoms with Crippen molar-refractivity contribution in [2.45, 2.75) is 25.5 Å². The van der Waals surface area contributed by atoms with Gasteiger partial charge in [0.15, 0.2) is 11.9 Å². The van der Waals surface area contributed by atoms with Gasteiger partial charge in [-0.15, -0.1) is 0 Å². The highest BCUT2D eigenvalue weighted by Gasteiger charge is 2.24. The fourth-order valence-electron chi connectivity index (χ4n) is 5.19. The number of aryl methyl sites for hydroxylation is 1. The number of benzene rings is 1. The standard InChI is InChI=1S/C29H31ClFN7O3/c1-35-10-13-40-14-11-37(20-7-8-23(31)22(30)15-20)26-16-21-24(9-6-19-18-36(2)34-28(19)29(35)39)33-38(25(21)17-32-26)27-5-3-4-12-41-27/h6-9,15-18,27H,3-5,10-14H2,1-2H3. The van der Waals surface area contributed by atoms with Crippen molar-refractivity contribution in [3.8, 4) is 0 Å². The molecule has 1 aromatic carbocycles. The molecule has 2 aliphatic heterocycles. The van der Waals surface area contributed by atoms with Crippen LogP contribution in [0.15, 0.2) is 36.7 Å². The Bertz CT molecular complexity index is 1610. The second-order valence-electron chi connectivity index (χ2n) is 10.2. The van der Waals surface area contributed by atoms with Crippen molar-refractivity contribution in [3.63, 3.8) is 0 Å². The third-order valence-electron chi connectivity index (χ3n) is 7.38. The van der Waals surface area contributed by atoms with E-state index in [4.69, 9.17) is 31.2 Å². The summed E-state index contributed by atoms with van der Waals surface area (Å²) in [7, 11) is 3.52. The quantitative estimate of drug-likeness (QED) is 0.328. The number of hydrogen-bond donors (Lipinski definition) is 0. The van der Waals surface area contributed by atoms with Crippen molar-refractivity contribution in [2.75, 3.05) is 44.9 Å². The number of anilines is 2. The topological polar surface area (TPSA) is 90.5 Å². The van der Waals surface area contributed by atoms with Crippen LogP contribution in [0.25, 0.3) is 23.1 Å². The fraction of sp³-hybridized carbons (Fsp3) is 0.379. The summed E-state index contributed by atoms with van der Waals surface area (Å²) >= 11 is 6.16. The van der Waals surface area contributed by atoms with E-state index in [9.17, 15) is 9.18 Å². The van der Waals surface area contributed by atoms with Gasteiger partial charge in [-0.25, -0.2) is 14.1 Å². The molecule has 0 radical (unpaired) electrons. The Morgan fingerprint density at radius 1 is 1.05 bits per heavy atom. The first-order valence-electron chi connectivity index (χ1n) is 13.7. The normalized spacial score (nSPS) is 18.8. The first-order valence-corrected chi connectivity index (χ1v) is 14.0. The lowest BCUT2D eigenvalue weighted by atomic mass is 10.1. The number of carbonyl (C=O) groups excluding carboxylic acids is 1. The highest BCUT2D eigenvalue weighted by Crippen LogP contribution is 2.33. The summed E-state index contributed by atoms with van der Waals surface area (Å²) in [6.07, 6.45) is 10.1. The largest absolute Gasteiger partial charge is 0.378 e. The van der Waals surface area contributed by atoms with Crippen LogP contribution in [0.4, 0.5) is 15.9 Å². The van der Waals surface area contributed by atoms with Gasteiger partial charge in [0.05, 0.1) is 35.6 Å². The van der Waals surface area contributed by atoms with E-state index < -0.39 is 5.82 Å². The van der Waals surface area contributed by atoms with Crippen LogP contribution in [0.2, 0.25) is 5.02 Å². The number of rotatable bonds is 2. The molecule has 10 nitrogen and oxygen atoms in total. The zero-order valence-electron chi connectivity index (χ0n) is 23.0. The number of fused-ring (bicyclic) bond motifs is 2. The number of likely N-dealkylation sites (N-methyl/N-ethyl adjacent to an activating group) is 1. The molecular formula is C29H31ClFN7O3. The van der Waals surface area contributed by atoms with Crippen LogP contribution < -0.4 is 4.90 Å². The fourth-order valence-corrected chi connectivity index (χ4v) is 5.36. The van der Waals surface area contributed by atoms with Gasteiger partial charge in [0, 0.05) is 56.6 Å². The average Bonchev–Trinajstić information content (AvgIpc) is 3.54. The second kappa shape index (κ2) is 11.6. The lowest BCUT2D eigenvalue weighted by molar-refractivity contribution is -0.0367. The van der Waals surface area contributed by atoms with Gasteiger partial charge in [-0.1, -0.05) is 11.6 Å². The first kappa shape index (κ1) is 27.4. The Labute approximate surface area is 241 Å². The zero-order chi connectivity index (χ0) is 28.5. The molecule has 6 rings (SSSR count). The third-order valence-corrected chi connectivity index (χ3v) is 7.67. The molecule has 1 fully saturated rings. The third kappa shape index (κ3) is 5.57. The molecule has 2 aliphatic rings. The van der Waals surface area contributed by atoms with E-state index in [1.807, 2.05) is 34.0 Å². The van der Waals surface area contributed by atoms with Crippen molar-refractivity contribution in [2.24, 2.45) is 7.05 Å². The summed E-state index contributed by atoms with van der Waals surface area (Å²) < 4.78 is 29.5. The summed E-state index contributed by atoms with van der Waals surface area (Å²) in [6, 6.07) is 6.56. The number of halogens is 2. The van der Waals surface area contributed by atoms with Gasteiger partial charge in [0.25, 0.3) is 5.91 Å². The molecule has 2 bridgehead atoms. The number of pyridine rings is 1. The minimum Gasteiger partial charge on any atom is -0.378 e. The van der Waals surface area contributed by atoms with E-state index in [1.54, 1.807) is 42.0 Å².